The second-order valence-corrected chi connectivity index (χ2v) is 7.32. The second kappa shape index (κ2) is 6.04. The molecule has 0 radical (unpaired) electrons. The topological polar surface area (TPSA) is 83.5 Å². The smallest absolute Gasteiger partial charge is 0.335 e. The molecule has 0 spiro atoms. The molecular weight excluding hydrogens is 314 g/mol. The lowest BCUT2D eigenvalue weighted by Gasteiger charge is -2.15. The van der Waals surface area contributed by atoms with Gasteiger partial charge < -0.3 is 5.11 Å². The molecule has 0 amide bonds. The predicted octanol–water partition coefficient (Wildman–Crippen LogP) is 3.42. The van der Waals surface area contributed by atoms with E-state index in [9.17, 15) is 13.2 Å². The van der Waals surface area contributed by atoms with Gasteiger partial charge in [-0.1, -0.05) is 23.8 Å². The molecule has 0 heterocycles. The van der Waals surface area contributed by atoms with E-state index in [1.165, 1.54) is 18.2 Å². The van der Waals surface area contributed by atoms with Crippen LogP contribution in [0, 0.1) is 27.7 Å². The van der Waals surface area contributed by atoms with Gasteiger partial charge in [-0.3, -0.25) is 4.72 Å². The SMILES string of the molecule is Cc1cc(C)c(NS(=O)(=O)c2cc(C(=O)O)ccc2C)c(C)c1. The first-order valence-corrected chi connectivity index (χ1v) is 8.55. The Kier molecular flexibility index (Phi) is 4.47. The van der Waals surface area contributed by atoms with Gasteiger partial charge in [0.1, 0.15) is 0 Å². The number of sulfonamides is 1. The van der Waals surface area contributed by atoms with Crippen molar-refractivity contribution in [3.05, 3.63) is 58.1 Å². The highest BCUT2D eigenvalue weighted by molar-refractivity contribution is 7.92. The maximum Gasteiger partial charge on any atom is 0.335 e. The monoisotopic (exact) mass is 333 g/mol. The summed E-state index contributed by atoms with van der Waals surface area (Å²) in [6, 6.07) is 7.85. The lowest BCUT2D eigenvalue weighted by atomic mass is 10.1. The second-order valence-electron chi connectivity index (χ2n) is 5.66. The summed E-state index contributed by atoms with van der Waals surface area (Å²) in [7, 11) is -3.87. The van der Waals surface area contributed by atoms with E-state index < -0.39 is 16.0 Å². The average molecular weight is 333 g/mol. The van der Waals surface area contributed by atoms with Crippen LogP contribution in [0.4, 0.5) is 5.69 Å². The number of nitrogens with one attached hydrogen (secondary N) is 1. The average Bonchev–Trinajstić information content (AvgIpc) is 2.42. The van der Waals surface area contributed by atoms with Gasteiger partial charge in [0.05, 0.1) is 16.1 Å². The van der Waals surface area contributed by atoms with Crippen molar-refractivity contribution in [2.45, 2.75) is 32.6 Å². The third-order valence-corrected chi connectivity index (χ3v) is 5.13. The zero-order chi connectivity index (χ0) is 17.4. The Morgan fingerprint density at radius 3 is 2.04 bits per heavy atom. The Hall–Kier alpha value is -2.34. The standard InChI is InChI=1S/C17H19NO4S/c1-10-7-12(3)16(13(4)8-10)18-23(21,22)15-9-14(17(19)20)6-5-11(15)2/h5-9,18H,1-4H3,(H,19,20). The number of hydrogen-bond acceptors (Lipinski definition) is 3. The Bertz CT molecular complexity index is 862. The summed E-state index contributed by atoms with van der Waals surface area (Å²) >= 11 is 0. The van der Waals surface area contributed by atoms with Crippen molar-refractivity contribution in [3.63, 3.8) is 0 Å². The number of carboxylic acid groups (broad SMARTS) is 1. The highest BCUT2D eigenvalue weighted by Crippen LogP contribution is 2.26. The predicted molar refractivity (Wildman–Crippen MR) is 89.6 cm³/mol. The van der Waals surface area contributed by atoms with Crippen LogP contribution in [0.25, 0.3) is 0 Å². The van der Waals surface area contributed by atoms with Crippen LogP contribution in [0.3, 0.4) is 0 Å². The van der Waals surface area contributed by atoms with E-state index in [0.29, 0.717) is 11.3 Å². The van der Waals surface area contributed by atoms with Gasteiger partial charge in [-0.15, -0.1) is 0 Å². The number of carboxylic acids is 1. The molecule has 2 rings (SSSR count). The third kappa shape index (κ3) is 3.53. The van der Waals surface area contributed by atoms with E-state index in [4.69, 9.17) is 5.11 Å². The Morgan fingerprint density at radius 1 is 0.957 bits per heavy atom. The lowest BCUT2D eigenvalue weighted by Crippen LogP contribution is -2.16. The van der Waals surface area contributed by atoms with Crippen molar-refractivity contribution in [1.82, 2.24) is 0 Å². The molecule has 0 unspecified atom stereocenters. The van der Waals surface area contributed by atoms with Crippen molar-refractivity contribution >= 4 is 21.7 Å². The van der Waals surface area contributed by atoms with Gasteiger partial charge in [0.2, 0.25) is 0 Å². The molecule has 6 heteroatoms. The van der Waals surface area contributed by atoms with Gasteiger partial charge in [0.15, 0.2) is 0 Å². The molecule has 0 saturated carbocycles. The zero-order valence-corrected chi connectivity index (χ0v) is 14.3. The maximum atomic E-state index is 12.7. The molecule has 0 aromatic heterocycles. The molecule has 0 atom stereocenters. The van der Waals surface area contributed by atoms with Crippen LogP contribution < -0.4 is 4.72 Å². The van der Waals surface area contributed by atoms with Crippen molar-refractivity contribution in [3.8, 4) is 0 Å². The summed E-state index contributed by atoms with van der Waals surface area (Å²) in [5.74, 6) is -1.16. The van der Waals surface area contributed by atoms with E-state index in [0.717, 1.165) is 16.7 Å². The van der Waals surface area contributed by atoms with Crippen molar-refractivity contribution < 1.29 is 18.3 Å². The van der Waals surface area contributed by atoms with Gasteiger partial charge >= 0.3 is 5.97 Å². The minimum absolute atomic E-state index is 0.0308. The number of rotatable bonds is 4. The van der Waals surface area contributed by atoms with E-state index in [1.807, 2.05) is 32.9 Å². The number of anilines is 1. The van der Waals surface area contributed by atoms with Gasteiger partial charge in [-0.2, -0.15) is 0 Å². The number of aromatic carboxylic acids is 1. The van der Waals surface area contributed by atoms with Gasteiger partial charge in [-0.25, -0.2) is 13.2 Å². The van der Waals surface area contributed by atoms with E-state index >= 15 is 0 Å². The van der Waals surface area contributed by atoms with Crippen LogP contribution in [-0.4, -0.2) is 19.5 Å². The van der Waals surface area contributed by atoms with Crippen LogP contribution in [0.1, 0.15) is 32.6 Å². The number of benzene rings is 2. The third-order valence-electron chi connectivity index (χ3n) is 3.64. The fraction of sp³-hybridized carbons (Fsp3) is 0.235. The molecule has 0 fully saturated rings. The van der Waals surface area contributed by atoms with Crippen LogP contribution in [-0.2, 0) is 10.0 Å². The molecule has 2 aromatic carbocycles. The van der Waals surface area contributed by atoms with Gasteiger partial charge in [0, 0.05) is 0 Å². The summed E-state index contributed by atoms with van der Waals surface area (Å²) in [4.78, 5) is 11.0. The number of carbonyl (C=O) groups is 1. The van der Waals surface area contributed by atoms with E-state index in [-0.39, 0.29) is 10.5 Å². The molecule has 0 aliphatic carbocycles. The summed E-state index contributed by atoms with van der Waals surface area (Å²) in [5, 5.41) is 9.06. The minimum atomic E-state index is -3.87. The molecule has 0 aliphatic rings. The Balaban J connectivity index is 2.52. The number of hydrogen-bond donors (Lipinski definition) is 2. The van der Waals surface area contributed by atoms with Gasteiger partial charge in [-0.05, 0) is 56.5 Å². The molecule has 0 aliphatic heterocycles. The summed E-state index contributed by atoms with van der Waals surface area (Å²) in [5.41, 5.74) is 3.64. The van der Waals surface area contributed by atoms with Crippen LogP contribution in [0.5, 0.6) is 0 Å². The van der Waals surface area contributed by atoms with E-state index in [1.54, 1.807) is 6.92 Å². The molecular formula is C17H19NO4S. The molecule has 23 heavy (non-hydrogen) atoms. The highest BCUT2D eigenvalue weighted by atomic mass is 32.2. The van der Waals surface area contributed by atoms with Crippen LogP contribution >= 0.6 is 0 Å². The Morgan fingerprint density at radius 2 is 1.52 bits per heavy atom. The molecule has 122 valence electrons. The first-order chi connectivity index (χ1) is 10.6. The van der Waals surface area contributed by atoms with Crippen LogP contribution in [0.2, 0.25) is 0 Å². The van der Waals surface area contributed by atoms with Crippen molar-refractivity contribution in [2.24, 2.45) is 0 Å². The number of aryl methyl sites for hydroxylation is 4. The lowest BCUT2D eigenvalue weighted by molar-refractivity contribution is 0.0696. The van der Waals surface area contributed by atoms with Crippen molar-refractivity contribution in [2.75, 3.05) is 4.72 Å². The Labute approximate surface area is 136 Å². The first kappa shape index (κ1) is 17.0. The minimum Gasteiger partial charge on any atom is -0.478 e. The normalized spacial score (nSPS) is 11.3. The fourth-order valence-corrected chi connectivity index (χ4v) is 4.03. The molecule has 5 nitrogen and oxygen atoms in total. The zero-order valence-electron chi connectivity index (χ0n) is 13.5. The molecule has 0 saturated heterocycles. The van der Waals surface area contributed by atoms with E-state index in [2.05, 4.69) is 4.72 Å². The largest absolute Gasteiger partial charge is 0.478 e. The first-order valence-electron chi connectivity index (χ1n) is 7.06. The summed E-state index contributed by atoms with van der Waals surface area (Å²) in [6.07, 6.45) is 0. The summed E-state index contributed by atoms with van der Waals surface area (Å²) < 4.78 is 27.9. The van der Waals surface area contributed by atoms with Crippen molar-refractivity contribution in [1.29, 1.82) is 0 Å². The quantitative estimate of drug-likeness (QED) is 0.898. The maximum absolute atomic E-state index is 12.7. The van der Waals surface area contributed by atoms with Crippen LogP contribution in [0.15, 0.2) is 35.2 Å². The fourth-order valence-electron chi connectivity index (χ4n) is 2.55. The molecule has 2 aromatic rings. The molecule has 2 N–H and O–H groups in total. The van der Waals surface area contributed by atoms with Gasteiger partial charge in [0.25, 0.3) is 10.0 Å². The summed E-state index contributed by atoms with van der Waals surface area (Å²) in [6.45, 7) is 7.24. The molecule has 0 bridgehead atoms. The highest BCUT2D eigenvalue weighted by Gasteiger charge is 2.20.